The van der Waals surface area contributed by atoms with E-state index in [0.29, 0.717) is 30.5 Å². The topological polar surface area (TPSA) is 90.8 Å². The van der Waals surface area contributed by atoms with Crippen molar-refractivity contribution in [2.75, 3.05) is 43.5 Å². The number of halogens is 1. The van der Waals surface area contributed by atoms with Crippen LogP contribution in [0.15, 0.2) is 59.4 Å². The van der Waals surface area contributed by atoms with Crippen LogP contribution in [0.5, 0.6) is 5.75 Å². The maximum absolute atomic E-state index is 13.2. The van der Waals surface area contributed by atoms with Gasteiger partial charge in [-0.1, -0.05) is 12.1 Å². The molecule has 2 N–H and O–H groups in total. The number of ether oxygens (including phenoxy) is 1. The summed E-state index contributed by atoms with van der Waals surface area (Å²) in [6.45, 7) is 4.43. The molecule has 4 aromatic rings. The van der Waals surface area contributed by atoms with Crippen LogP contribution < -0.4 is 20.5 Å². The van der Waals surface area contributed by atoms with Crippen molar-refractivity contribution in [3.63, 3.8) is 0 Å². The van der Waals surface area contributed by atoms with E-state index in [2.05, 4.69) is 30.2 Å². The van der Waals surface area contributed by atoms with Crippen molar-refractivity contribution in [1.82, 2.24) is 24.5 Å². The van der Waals surface area contributed by atoms with E-state index in [4.69, 9.17) is 4.74 Å². The molecule has 0 radical (unpaired) electrons. The summed E-state index contributed by atoms with van der Waals surface area (Å²) in [6, 6.07) is 15.8. The van der Waals surface area contributed by atoms with Gasteiger partial charge in [-0.05, 0) is 42.0 Å². The minimum absolute atomic E-state index is 0.199. The van der Waals surface area contributed by atoms with Gasteiger partial charge in [0.25, 0.3) is 11.3 Å². The number of methoxy groups -OCH3 is 1. The molecule has 5 rings (SSSR count). The van der Waals surface area contributed by atoms with Gasteiger partial charge >= 0.3 is 0 Å². The van der Waals surface area contributed by atoms with Crippen molar-refractivity contribution in [3.05, 3.63) is 82.0 Å². The standard InChI is InChI=1S/C24H26FN7O2/c1-34-21-8-2-17(3-9-21)15-26-23-28-24-27-19(14-22(33)32(24)29-23)16-30-10-12-31(13-11-30)20-6-4-18(25)5-7-20/h2-9,14H,10-13,15-16H2,1H3,(H2,26,27,28,29). The SMILES string of the molecule is COc1ccc(CNc2nc3nc(CN4CCN(c5ccc(F)cc5)CC4)cc(=O)n3[nH]2)cc1. The largest absolute Gasteiger partial charge is 0.497 e. The Morgan fingerprint density at radius 2 is 1.76 bits per heavy atom. The fourth-order valence-electron chi connectivity index (χ4n) is 4.06. The monoisotopic (exact) mass is 463 g/mol. The lowest BCUT2D eigenvalue weighted by Gasteiger charge is -2.35. The third-order valence-corrected chi connectivity index (χ3v) is 5.95. The van der Waals surface area contributed by atoms with E-state index >= 15 is 0 Å². The lowest BCUT2D eigenvalue weighted by molar-refractivity contribution is 0.247. The fraction of sp³-hybridized carbons (Fsp3) is 0.292. The van der Waals surface area contributed by atoms with Gasteiger partial charge in [0, 0.05) is 51.0 Å². The number of nitrogens with zero attached hydrogens (tertiary/aromatic N) is 5. The summed E-state index contributed by atoms with van der Waals surface area (Å²) in [7, 11) is 1.63. The van der Waals surface area contributed by atoms with E-state index in [9.17, 15) is 9.18 Å². The molecule has 1 saturated heterocycles. The zero-order valence-corrected chi connectivity index (χ0v) is 18.9. The van der Waals surface area contributed by atoms with Crippen LogP contribution in [0.2, 0.25) is 0 Å². The molecule has 1 fully saturated rings. The van der Waals surface area contributed by atoms with E-state index < -0.39 is 0 Å². The summed E-state index contributed by atoms with van der Waals surface area (Å²) in [6.07, 6.45) is 0. The number of hydrogen-bond acceptors (Lipinski definition) is 7. The first-order chi connectivity index (χ1) is 16.6. The Hall–Kier alpha value is -3.92. The maximum Gasteiger partial charge on any atom is 0.274 e. The van der Waals surface area contributed by atoms with Crippen LogP contribution in [0, 0.1) is 5.82 Å². The van der Waals surface area contributed by atoms with Crippen LogP contribution in [0.25, 0.3) is 5.78 Å². The van der Waals surface area contributed by atoms with E-state index in [1.807, 2.05) is 24.3 Å². The highest BCUT2D eigenvalue weighted by Crippen LogP contribution is 2.18. The van der Waals surface area contributed by atoms with E-state index in [0.717, 1.165) is 43.2 Å². The quantitative estimate of drug-likeness (QED) is 0.435. The number of hydrogen-bond donors (Lipinski definition) is 2. The summed E-state index contributed by atoms with van der Waals surface area (Å²) in [5.41, 5.74) is 2.57. The first-order valence-electron chi connectivity index (χ1n) is 11.2. The molecule has 34 heavy (non-hydrogen) atoms. The number of aromatic nitrogens is 4. The number of nitrogens with one attached hydrogen (secondary N) is 2. The summed E-state index contributed by atoms with van der Waals surface area (Å²) in [5.74, 6) is 1.38. The van der Waals surface area contributed by atoms with Crippen molar-refractivity contribution in [1.29, 1.82) is 0 Å². The second kappa shape index (κ2) is 9.52. The maximum atomic E-state index is 13.2. The van der Waals surface area contributed by atoms with Crippen molar-refractivity contribution < 1.29 is 9.13 Å². The summed E-state index contributed by atoms with van der Waals surface area (Å²) in [4.78, 5) is 26.1. The number of aromatic amines is 1. The van der Waals surface area contributed by atoms with Gasteiger partial charge in [0.05, 0.1) is 12.8 Å². The van der Waals surface area contributed by atoms with Gasteiger partial charge in [0.1, 0.15) is 11.6 Å². The van der Waals surface area contributed by atoms with Crippen molar-refractivity contribution in [2.45, 2.75) is 13.1 Å². The molecule has 0 amide bonds. The third-order valence-electron chi connectivity index (χ3n) is 5.95. The normalized spacial score (nSPS) is 14.5. The van der Waals surface area contributed by atoms with Crippen molar-refractivity contribution in [2.24, 2.45) is 0 Å². The molecular formula is C24H26FN7O2. The molecule has 10 heteroatoms. The smallest absolute Gasteiger partial charge is 0.274 e. The third kappa shape index (κ3) is 4.86. The second-order valence-corrected chi connectivity index (χ2v) is 8.23. The van der Waals surface area contributed by atoms with Gasteiger partial charge in [-0.3, -0.25) is 14.8 Å². The molecule has 176 valence electrons. The molecule has 0 aliphatic carbocycles. The molecule has 0 atom stereocenters. The van der Waals surface area contributed by atoms with Gasteiger partial charge < -0.3 is 15.0 Å². The highest BCUT2D eigenvalue weighted by Gasteiger charge is 2.19. The highest BCUT2D eigenvalue weighted by molar-refractivity contribution is 5.46. The van der Waals surface area contributed by atoms with Gasteiger partial charge in [-0.15, -0.1) is 0 Å². The lowest BCUT2D eigenvalue weighted by atomic mass is 10.2. The number of rotatable bonds is 7. The van der Waals surface area contributed by atoms with Crippen LogP contribution in [-0.2, 0) is 13.1 Å². The van der Waals surface area contributed by atoms with Crippen LogP contribution in [0.1, 0.15) is 11.3 Å². The van der Waals surface area contributed by atoms with Crippen LogP contribution >= 0.6 is 0 Å². The first kappa shape index (κ1) is 21.9. The van der Waals surface area contributed by atoms with Crippen LogP contribution in [-0.4, -0.2) is 57.8 Å². The number of piperazine rings is 1. The Morgan fingerprint density at radius 3 is 2.47 bits per heavy atom. The predicted octanol–water partition coefficient (Wildman–Crippen LogP) is 2.50. The molecule has 0 saturated carbocycles. The van der Waals surface area contributed by atoms with Gasteiger partial charge in [0.2, 0.25) is 5.95 Å². The molecule has 2 aromatic heterocycles. The Morgan fingerprint density at radius 1 is 1.03 bits per heavy atom. The molecule has 1 aliphatic rings. The Kier molecular flexibility index (Phi) is 6.13. The molecule has 0 spiro atoms. The fourth-order valence-corrected chi connectivity index (χ4v) is 4.06. The minimum atomic E-state index is -0.229. The minimum Gasteiger partial charge on any atom is -0.497 e. The van der Waals surface area contributed by atoms with E-state index in [1.165, 1.54) is 16.6 Å². The summed E-state index contributed by atoms with van der Waals surface area (Å²) < 4.78 is 19.7. The van der Waals surface area contributed by atoms with E-state index in [-0.39, 0.29) is 11.4 Å². The lowest BCUT2D eigenvalue weighted by Crippen LogP contribution is -2.46. The molecule has 0 bridgehead atoms. The van der Waals surface area contributed by atoms with Crippen molar-refractivity contribution >= 4 is 17.4 Å². The molecule has 3 heterocycles. The van der Waals surface area contributed by atoms with Crippen LogP contribution in [0.3, 0.4) is 0 Å². The molecule has 0 unspecified atom stereocenters. The Labute approximate surface area is 195 Å². The Bertz CT molecular complexity index is 1310. The Balaban J connectivity index is 1.21. The van der Waals surface area contributed by atoms with Crippen molar-refractivity contribution in [3.8, 4) is 5.75 Å². The van der Waals surface area contributed by atoms with Gasteiger partial charge in [-0.25, -0.2) is 9.37 Å². The number of benzene rings is 2. The number of fused-ring (bicyclic) bond motifs is 1. The number of H-pyrrole nitrogens is 1. The van der Waals surface area contributed by atoms with Crippen LogP contribution in [0.4, 0.5) is 16.0 Å². The zero-order chi connectivity index (χ0) is 23.5. The summed E-state index contributed by atoms with van der Waals surface area (Å²) >= 11 is 0. The molecule has 1 aliphatic heterocycles. The second-order valence-electron chi connectivity index (χ2n) is 8.23. The highest BCUT2D eigenvalue weighted by atomic mass is 19.1. The van der Waals surface area contributed by atoms with Gasteiger partial charge in [-0.2, -0.15) is 9.50 Å². The molecule has 2 aromatic carbocycles. The average Bonchev–Trinajstić information content (AvgIpc) is 3.28. The van der Waals surface area contributed by atoms with Gasteiger partial charge in [0.15, 0.2) is 0 Å². The first-order valence-corrected chi connectivity index (χ1v) is 11.2. The van der Waals surface area contributed by atoms with E-state index in [1.54, 1.807) is 25.3 Å². The zero-order valence-electron chi connectivity index (χ0n) is 18.9. The predicted molar refractivity (Wildman–Crippen MR) is 128 cm³/mol. The average molecular weight is 464 g/mol. The molecule has 9 nitrogen and oxygen atoms in total. The summed E-state index contributed by atoms with van der Waals surface area (Å²) in [5, 5.41) is 6.16. The molecular weight excluding hydrogens is 437 g/mol. The number of anilines is 2.